The van der Waals surface area contributed by atoms with Crippen LogP contribution in [-0.4, -0.2) is 17.7 Å². The van der Waals surface area contributed by atoms with Crippen molar-refractivity contribution in [2.75, 3.05) is 0 Å². The summed E-state index contributed by atoms with van der Waals surface area (Å²) in [6.45, 7) is 1.99. The Morgan fingerprint density at radius 2 is 1.78 bits per heavy atom. The molecule has 3 N–H and O–H groups in total. The quantitative estimate of drug-likeness (QED) is 0.568. The van der Waals surface area contributed by atoms with Crippen LogP contribution < -0.4 is 16.2 Å². The minimum absolute atomic E-state index is 0.0937. The third-order valence-corrected chi connectivity index (χ3v) is 3.14. The molecular formula is C16H17N3O4. The Labute approximate surface area is 133 Å². The number of hydrogen-bond acceptors (Lipinski definition) is 4. The Morgan fingerprint density at radius 3 is 2.48 bits per heavy atom. The summed E-state index contributed by atoms with van der Waals surface area (Å²) < 4.78 is 5.02. The van der Waals surface area contributed by atoms with Gasteiger partial charge in [-0.25, -0.2) is 0 Å². The number of hydrazine groups is 1. The molecule has 3 amide bonds. The van der Waals surface area contributed by atoms with E-state index in [4.69, 9.17) is 4.42 Å². The third kappa shape index (κ3) is 4.99. The van der Waals surface area contributed by atoms with Crippen molar-refractivity contribution in [2.45, 2.75) is 19.9 Å². The van der Waals surface area contributed by atoms with Crippen molar-refractivity contribution in [1.82, 2.24) is 16.2 Å². The van der Waals surface area contributed by atoms with Crippen LogP contribution in [0.25, 0.3) is 0 Å². The van der Waals surface area contributed by atoms with E-state index in [-0.39, 0.29) is 13.0 Å². The van der Waals surface area contributed by atoms with Gasteiger partial charge in [0.05, 0.1) is 19.2 Å². The van der Waals surface area contributed by atoms with Gasteiger partial charge in [-0.05, 0) is 30.2 Å². The summed E-state index contributed by atoms with van der Waals surface area (Å²) in [4.78, 5) is 34.9. The van der Waals surface area contributed by atoms with Crippen molar-refractivity contribution in [3.05, 3.63) is 59.5 Å². The Kier molecular flexibility index (Phi) is 5.51. The summed E-state index contributed by atoms with van der Waals surface area (Å²) in [5, 5.41) is 2.37. The molecule has 7 nitrogen and oxygen atoms in total. The number of benzene rings is 1. The number of hydrogen-bond donors (Lipinski definition) is 3. The van der Waals surface area contributed by atoms with Gasteiger partial charge in [-0.15, -0.1) is 0 Å². The van der Waals surface area contributed by atoms with Crippen LogP contribution in [0.3, 0.4) is 0 Å². The van der Waals surface area contributed by atoms with Crippen LogP contribution in [0.4, 0.5) is 0 Å². The molecule has 0 aliphatic carbocycles. The molecule has 0 spiro atoms. The fourth-order valence-electron chi connectivity index (χ4n) is 1.87. The topological polar surface area (TPSA) is 100 Å². The average molecular weight is 315 g/mol. The van der Waals surface area contributed by atoms with Crippen molar-refractivity contribution in [3.8, 4) is 0 Å². The summed E-state index contributed by atoms with van der Waals surface area (Å²) in [7, 11) is 0. The van der Waals surface area contributed by atoms with Crippen LogP contribution in [0.2, 0.25) is 0 Å². The molecule has 0 atom stereocenters. The second kappa shape index (κ2) is 7.79. The van der Waals surface area contributed by atoms with E-state index in [0.717, 1.165) is 11.1 Å². The lowest BCUT2D eigenvalue weighted by atomic mass is 10.1. The molecule has 0 saturated carbocycles. The smallest absolute Gasteiger partial charge is 0.327 e. The van der Waals surface area contributed by atoms with Gasteiger partial charge in [0, 0.05) is 0 Å². The van der Waals surface area contributed by atoms with E-state index in [1.165, 1.54) is 6.26 Å². The second-order valence-electron chi connectivity index (χ2n) is 4.87. The number of aryl methyl sites for hydroxylation is 1. The predicted molar refractivity (Wildman–Crippen MR) is 81.7 cm³/mol. The minimum atomic E-state index is -0.949. The van der Waals surface area contributed by atoms with Crippen molar-refractivity contribution in [1.29, 1.82) is 0 Å². The normalized spacial score (nSPS) is 9.96. The zero-order chi connectivity index (χ0) is 16.7. The van der Waals surface area contributed by atoms with Gasteiger partial charge in [-0.3, -0.25) is 25.2 Å². The molecule has 120 valence electrons. The van der Waals surface area contributed by atoms with Crippen molar-refractivity contribution >= 4 is 17.7 Å². The van der Waals surface area contributed by atoms with Crippen LogP contribution >= 0.6 is 0 Å². The lowest BCUT2D eigenvalue weighted by Crippen LogP contribution is -2.48. The molecule has 0 fully saturated rings. The fourth-order valence-corrected chi connectivity index (χ4v) is 1.87. The van der Waals surface area contributed by atoms with Gasteiger partial charge in [0.1, 0.15) is 5.76 Å². The molecule has 2 aromatic rings. The molecule has 0 radical (unpaired) electrons. The molecule has 2 rings (SSSR count). The third-order valence-electron chi connectivity index (χ3n) is 3.14. The Balaban J connectivity index is 1.74. The summed E-state index contributed by atoms with van der Waals surface area (Å²) in [6, 6.07) is 10.8. The van der Waals surface area contributed by atoms with E-state index in [2.05, 4.69) is 16.2 Å². The van der Waals surface area contributed by atoms with E-state index >= 15 is 0 Å². The van der Waals surface area contributed by atoms with Crippen LogP contribution in [-0.2, 0) is 27.3 Å². The van der Waals surface area contributed by atoms with Gasteiger partial charge in [0.25, 0.3) is 0 Å². The van der Waals surface area contributed by atoms with Crippen LogP contribution in [0.15, 0.2) is 47.1 Å². The highest BCUT2D eigenvalue weighted by atomic mass is 16.3. The number of furan rings is 1. The molecule has 0 bridgehead atoms. The molecule has 0 aliphatic rings. The number of amides is 3. The SMILES string of the molecule is Cc1ccccc1CC(=O)NNC(=O)C(=O)NCc1ccco1. The zero-order valence-electron chi connectivity index (χ0n) is 12.6. The number of carbonyl (C=O) groups excluding carboxylic acids is 3. The van der Waals surface area contributed by atoms with Gasteiger partial charge < -0.3 is 9.73 Å². The molecular weight excluding hydrogens is 298 g/mol. The van der Waals surface area contributed by atoms with Gasteiger partial charge in [-0.2, -0.15) is 0 Å². The molecule has 23 heavy (non-hydrogen) atoms. The summed E-state index contributed by atoms with van der Waals surface area (Å²) >= 11 is 0. The highest BCUT2D eigenvalue weighted by molar-refractivity contribution is 6.35. The maximum absolute atomic E-state index is 11.8. The Morgan fingerprint density at radius 1 is 1.00 bits per heavy atom. The van der Waals surface area contributed by atoms with Crippen LogP contribution in [0.1, 0.15) is 16.9 Å². The lowest BCUT2D eigenvalue weighted by molar-refractivity contribution is -0.141. The molecule has 0 aliphatic heterocycles. The maximum atomic E-state index is 11.8. The van der Waals surface area contributed by atoms with Crippen LogP contribution in [0, 0.1) is 6.92 Å². The first-order valence-electron chi connectivity index (χ1n) is 7.00. The van der Waals surface area contributed by atoms with E-state index < -0.39 is 17.7 Å². The van der Waals surface area contributed by atoms with Gasteiger partial charge in [0.2, 0.25) is 5.91 Å². The first kappa shape index (κ1) is 16.3. The molecule has 1 heterocycles. The number of carbonyl (C=O) groups is 3. The van der Waals surface area contributed by atoms with Gasteiger partial charge in [-0.1, -0.05) is 24.3 Å². The van der Waals surface area contributed by atoms with E-state index in [0.29, 0.717) is 5.76 Å². The van der Waals surface area contributed by atoms with Crippen molar-refractivity contribution in [3.63, 3.8) is 0 Å². The summed E-state index contributed by atoms with van der Waals surface area (Å²) in [6.07, 6.45) is 1.58. The number of nitrogens with one attached hydrogen (secondary N) is 3. The zero-order valence-corrected chi connectivity index (χ0v) is 12.6. The van der Waals surface area contributed by atoms with Crippen LogP contribution in [0.5, 0.6) is 0 Å². The molecule has 7 heteroatoms. The van der Waals surface area contributed by atoms with E-state index in [9.17, 15) is 14.4 Å². The first-order valence-corrected chi connectivity index (χ1v) is 7.00. The molecule has 1 aromatic carbocycles. The van der Waals surface area contributed by atoms with E-state index in [1.807, 2.05) is 31.2 Å². The predicted octanol–water partition coefficient (Wildman–Crippen LogP) is 0.594. The molecule has 1 aromatic heterocycles. The van der Waals surface area contributed by atoms with Gasteiger partial charge in [0.15, 0.2) is 0 Å². The molecule has 0 saturated heterocycles. The van der Waals surface area contributed by atoms with E-state index in [1.54, 1.807) is 12.1 Å². The fraction of sp³-hybridized carbons (Fsp3) is 0.188. The monoisotopic (exact) mass is 315 g/mol. The van der Waals surface area contributed by atoms with Crippen molar-refractivity contribution < 1.29 is 18.8 Å². The Bertz CT molecular complexity index is 695. The van der Waals surface area contributed by atoms with Gasteiger partial charge >= 0.3 is 11.8 Å². The number of rotatable bonds is 4. The van der Waals surface area contributed by atoms with Crippen molar-refractivity contribution in [2.24, 2.45) is 0 Å². The Hall–Kier alpha value is -3.09. The first-order chi connectivity index (χ1) is 11.1. The molecule has 0 unspecified atom stereocenters. The lowest BCUT2D eigenvalue weighted by Gasteiger charge is -2.08. The average Bonchev–Trinajstić information content (AvgIpc) is 3.06. The standard InChI is InChI=1S/C16H17N3O4/c1-11-5-2-3-6-12(11)9-14(20)18-19-16(22)15(21)17-10-13-7-4-8-23-13/h2-8H,9-10H2,1H3,(H,17,21)(H,18,20)(H,19,22). The summed E-state index contributed by atoms with van der Waals surface area (Å²) in [5.41, 5.74) is 6.11. The minimum Gasteiger partial charge on any atom is -0.467 e. The highest BCUT2D eigenvalue weighted by Gasteiger charge is 2.14. The summed E-state index contributed by atoms with van der Waals surface area (Å²) in [5.74, 6) is -1.70. The maximum Gasteiger partial charge on any atom is 0.327 e. The largest absolute Gasteiger partial charge is 0.467 e. The second-order valence-corrected chi connectivity index (χ2v) is 4.87. The highest BCUT2D eigenvalue weighted by Crippen LogP contribution is 2.07.